The highest BCUT2D eigenvalue weighted by molar-refractivity contribution is 9.10. The predicted octanol–water partition coefficient (Wildman–Crippen LogP) is 4.65. The van der Waals surface area contributed by atoms with E-state index in [0.29, 0.717) is 16.3 Å². The van der Waals surface area contributed by atoms with Crippen molar-refractivity contribution in [3.8, 4) is 0 Å². The number of carbonyl (C=O) groups is 2. The van der Waals surface area contributed by atoms with Gasteiger partial charge in [0.2, 0.25) is 5.91 Å². The lowest BCUT2D eigenvalue weighted by Gasteiger charge is -2.18. The maximum atomic E-state index is 12.5. The molecule has 0 bridgehead atoms. The van der Waals surface area contributed by atoms with Crippen LogP contribution in [0.1, 0.15) is 28.8 Å². The number of amides is 2. The number of nitrogens with zero attached hydrogens (tertiary/aromatic N) is 1. The van der Waals surface area contributed by atoms with Crippen LogP contribution in [-0.4, -0.2) is 18.4 Å². The van der Waals surface area contributed by atoms with Gasteiger partial charge in [-0.1, -0.05) is 33.6 Å². The van der Waals surface area contributed by atoms with Crippen LogP contribution in [0.2, 0.25) is 5.02 Å². The van der Waals surface area contributed by atoms with Crippen molar-refractivity contribution >= 4 is 50.7 Å². The monoisotopic (exact) mass is 418 g/mol. The molecule has 0 atom stereocenters. The van der Waals surface area contributed by atoms with Crippen LogP contribution in [-0.2, 0) is 11.2 Å². The first kappa shape index (κ1) is 16.6. The van der Waals surface area contributed by atoms with E-state index in [0.717, 1.165) is 41.5 Å². The lowest BCUT2D eigenvalue weighted by atomic mass is 10.1. The van der Waals surface area contributed by atoms with Gasteiger partial charge in [0.25, 0.3) is 5.91 Å². The van der Waals surface area contributed by atoms with Gasteiger partial charge in [-0.3, -0.25) is 9.59 Å². The Morgan fingerprint density at radius 3 is 2.72 bits per heavy atom. The van der Waals surface area contributed by atoms with E-state index in [1.807, 2.05) is 23.1 Å². The molecular formula is C19H16BrClN2O2. The van der Waals surface area contributed by atoms with Gasteiger partial charge in [0.05, 0.1) is 10.6 Å². The van der Waals surface area contributed by atoms with Crippen LogP contribution < -0.4 is 10.2 Å². The molecule has 4 rings (SSSR count). The summed E-state index contributed by atoms with van der Waals surface area (Å²) in [5, 5.41) is 3.27. The summed E-state index contributed by atoms with van der Waals surface area (Å²) in [5.41, 5.74) is 3.13. The summed E-state index contributed by atoms with van der Waals surface area (Å²) in [6.45, 7) is 0.722. The van der Waals surface area contributed by atoms with E-state index in [1.54, 1.807) is 18.2 Å². The summed E-state index contributed by atoms with van der Waals surface area (Å²) in [4.78, 5) is 26.8. The molecule has 1 aliphatic heterocycles. The van der Waals surface area contributed by atoms with Crippen molar-refractivity contribution in [3.05, 3.63) is 57.0 Å². The molecule has 1 fully saturated rings. The highest BCUT2D eigenvalue weighted by Crippen LogP contribution is 2.37. The molecule has 4 nitrogen and oxygen atoms in total. The highest BCUT2D eigenvalue weighted by Gasteiger charge is 2.36. The summed E-state index contributed by atoms with van der Waals surface area (Å²) < 4.78 is 0.789. The Kier molecular flexibility index (Phi) is 4.29. The van der Waals surface area contributed by atoms with Gasteiger partial charge in [-0.25, -0.2) is 0 Å². The molecule has 0 spiro atoms. The van der Waals surface area contributed by atoms with E-state index in [2.05, 4.69) is 21.2 Å². The summed E-state index contributed by atoms with van der Waals surface area (Å²) in [7, 11) is 0. The molecule has 0 saturated heterocycles. The molecule has 0 radical (unpaired) electrons. The van der Waals surface area contributed by atoms with E-state index in [9.17, 15) is 9.59 Å². The molecule has 2 aliphatic rings. The maximum Gasteiger partial charge on any atom is 0.257 e. The van der Waals surface area contributed by atoms with Gasteiger partial charge >= 0.3 is 0 Å². The van der Waals surface area contributed by atoms with Crippen molar-refractivity contribution in [3.63, 3.8) is 0 Å². The van der Waals surface area contributed by atoms with Gasteiger partial charge in [0.1, 0.15) is 0 Å². The van der Waals surface area contributed by atoms with Crippen molar-refractivity contribution in [2.24, 2.45) is 5.92 Å². The molecule has 1 saturated carbocycles. The largest absolute Gasteiger partial charge is 0.322 e. The van der Waals surface area contributed by atoms with Crippen LogP contribution in [0.5, 0.6) is 0 Å². The van der Waals surface area contributed by atoms with Crippen LogP contribution in [0, 0.1) is 5.92 Å². The van der Waals surface area contributed by atoms with E-state index >= 15 is 0 Å². The van der Waals surface area contributed by atoms with Gasteiger partial charge in [0.15, 0.2) is 0 Å². The van der Waals surface area contributed by atoms with Crippen LogP contribution >= 0.6 is 27.5 Å². The van der Waals surface area contributed by atoms with Crippen LogP contribution in [0.15, 0.2) is 40.9 Å². The fourth-order valence-corrected chi connectivity index (χ4v) is 3.67. The van der Waals surface area contributed by atoms with Crippen molar-refractivity contribution in [2.75, 3.05) is 16.8 Å². The van der Waals surface area contributed by atoms with Crippen molar-refractivity contribution < 1.29 is 9.59 Å². The Balaban J connectivity index is 1.58. The fourth-order valence-electron chi connectivity index (χ4n) is 3.11. The minimum atomic E-state index is -0.274. The number of carbonyl (C=O) groups excluding carboxylic acids is 2. The second-order valence-corrected chi connectivity index (χ2v) is 7.76. The maximum absolute atomic E-state index is 12.5. The second-order valence-electron chi connectivity index (χ2n) is 6.44. The Bertz CT molecular complexity index is 880. The number of nitrogens with one attached hydrogen (secondary N) is 1. The quantitative estimate of drug-likeness (QED) is 0.787. The molecule has 2 amide bonds. The molecule has 1 N–H and O–H groups in total. The summed E-state index contributed by atoms with van der Waals surface area (Å²) in [5.74, 6) is 0.117. The normalized spacial score (nSPS) is 15.8. The summed E-state index contributed by atoms with van der Waals surface area (Å²) >= 11 is 9.47. The summed E-state index contributed by atoms with van der Waals surface area (Å²) in [6.07, 6.45) is 2.84. The zero-order valence-corrected chi connectivity index (χ0v) is 15.7. The SMILES string of the molecule is O=C(Nc1ccc2c(c1)N(C(=O)C1CC1)CC2)c1cc(Br)ccc1Cl. The average molecular weight is 420 g/mol. The Morgan fingerprint density at radius 1 is 1.16 bits per heavy atom. The lowest BCUT2D eigenvalue weighted by molar-refractivity contribution is -0.119. The third-order valence-corrected chi connectivity index (χ3v) is 5.43. The molecule has 0 unspecified atom stereocenters. The standard InChI is InChI=1S/C19H16BrClN2O2/c20-13-4-6-16(21)15(9-13)18(24)22-14-5-3-11-7-8-23(17(11)10-14)19(25)12-1-2-12/h3-6,9-10,12H,1-2,7-8H2,(H,22,24). The zero-order valence-electron chi connectivity index (χ0n) is 13.4. The number of benzene rings is 2. The second kappa shape index (κ2) is 6.46. The third-order valence-electron chi connectivity index (χ3n) is 4.60. The Hall–Kier alpha value is -1.85. The number of fused-ring (bicyclic) bond motifs is 1. The first-order valence-corrected chi connectivity index (χ1v) is 9.41. The van der Waals surface area contributed by atoms with E-state index in [-0.39, 0.29) is 17.7 Å². The van der Waals surface area contributed by atoms with E-state index < -0.39 is 0 Å². The number of hydrogen-bond donors (Lipinski definition) is 1. The fraction of sp³-hybridized carbons (Fsp3) is 0.263. The molecule has 25 heavy (non-hydrogen) atoms. The van der Waals surface area contributed by atoms with Crippen LogP contribution in [0.4, 0.5) is 11.4 Å². The molecule has 6 heteroatoms. The first-order valence-electron chi connectivity index (χ1n) is 8.23. The van der Waals surface area contributed by atoms with Gasteiger partial charge < -0.3 is 10.2 Å². The average Bonchev–Trinajstić information content (AvgIpc) is 3.36. The topological polar surface area (TPSA) is 49.4 Å². The van der Waals surface area contributed by atoms with Gasteiger partial charge in [0, 0.05) is 28.3 Å². The van der Waals surface area contributed by atoms with Gasteiger partial charge in [-0.2, -0.15) is 0 Å². The van der Waals surface area contributed by atoms with Gasteiger partial charge in [-0.15, -0.1) is 0 Å². The molecule has 1 heterocycles. The molecule has 128 valence electrons. The van der Waals surface area contributed by atoms with Crippen molar-refractivity contribution in [1.29, 1.82) is 0 Å². The van der Waals surface area contributed by atoms with Gasteiger partial charge in [-0.05, 0) is 55.2 Å². The van der Waals surface area contributed by atoms with Crippen LogP contribution in [0.25, 0.3) is 0 Å². The molecule has 1 aliphatic carbocycles. The summed E-state index contributed by atoms with van der Waals surface area (Å²) in [6, 6.07) is 10.9. The third kappa shape index (κ3) is 3.31. The van der Waals surface area contributed by atoms with Crippen molar-refractivity contribution in [2.45, 2.75) is 19.3 Å². The lowest BCUT2D eigenvalue weighted by Crippen LogP contribution is -2.30. The van der Waals surface area contributed by atoms with Crippen LogP contribution in [0.3, 0.4) is 0 Å². The number of rotatable bonds is 3. The molecule has 0 aromatic heterocycles. The first-order chi connectivity index (χ1) is 12.0. The highest BCUT2D eigenvalue weighted by atomic mass is 79.9. The zero-order chi connectivity index (χ0) is 17.6. The Labute approximate surface area is 159 Å². The predicted molar refractivity (Wildman–Crippen MR) is 102 cm³/mol. The molecule has 2 aromatic rings. The van der Waals surface area contributed by atoms with E-state index in [4.69, 9.17) is 11.6 Å². The molecular weight excluding hydrogens is 404 g/mol. The minimum absolute atomic E-state index is 0.185. The number of anilines is 2. The molecule has 2 aromatic carbocycles. The van der Waals surface area contributed by atoms with Crippen molar-refractivity contribution in [1.82, 2.24) is 0 Å². The Morgan fingerprint density at radius 2 is 1.96 bits per heavy atom. The number of halogens is 2. The van der Waals surface area contributed by atoms with E-state index in [1.165, 1.54) is 0 Å². The smallest absolute Gasteiger partial charge is 0.257 e. The minimum Gasteiger partial charge on any atom is -0.322 e. The number of hydrogen-bond acceptors (Lipinski definition) is 2.